The first-order chi connectivity index (χ1) is 10.1. The van der Waals surface area contributed by atoms with Crippen molar-refractivity contribution in [1.29, 1.82) is 0 Å². The summed E-state index contributed by atoms with van der Waals surface area (Å²) in [5.41, 5.74) is 0.307. The van der Waals surface area contributed by atoms with Gasteiger partial charge in [0, 0.05) is 14.1 Å². The Balaban J connectivity index is 2.30. The van der Waals surface area contributed by atoms with Crippen LogP contribution in [0.5, 0.6) is 0 Å². The predicted octanol–water partition coefficient (Wildman–Crippen LogP) is 3.44. The Morgan fingerprint density at radius 2 is 1.91 bits per heavy atom. The molecule has 0 saturated carbocycles. The van der Waals surface area contributed by atoms with E-state index in [0.29, 0.717) is 12.8 Å². The van der Waals surface area contributed by atoms with E-state index in [0.717, 1.165) is 11.6 Å². The highest BCUT2D eigenvalue weighted by Gasteiger charge is 2.52. The number of aliphatic hydroxyl groups is 1. The molecule has 1 aromatic carbocycles. The van der Waals surface area contributed by atoms with E-state index >= 15 is 0 Å². The number of carbonyl (C=O) groups is 1. The summed E-state index contributed by atoms with van der Waals surface area (Å²) in [6, 6.07) is 10.6. The van der Waals surface area contributed by atoms with Gasteiger partial charge in [-0.3, -0.25) is 4.90 Å². The Hall–Kier alpha value is -1.33. The third kappa shape index (κ3) is 3.52. The van der Waals surface area contributed by atoms with Crippen LogP contribution in [0, 0.1) is 0 Å². The van der Waals surface area contributed by atoms with Crippen molar-refractivity contribution in [1.82, 2.24) is 4.90 Å². The Kier molecular flexibility index (Phi) is 4.68. The summed E-state index contributed by atoms with van der Waals surface area (Å²) < 4.78 is 0. The van der Waals surface area contributed by atoms with Crippen LogP contribution >= 0.6 is 0 Å². The number of amides is 1. The summed E-state index contributed by atoms with van der Waals surface area (Å²) in [6.45, 7) is 8.60. The molecule has 1 aromatic rings. The smallest absolute Gasteiger partial charge is 0.408 e. The molecule has 2 N–H and O–H groups in total. The lowest BCUT2D eigenvalue weighted by Gasteiger charge is -2.39. The molecule has 4 nitrogen and oxygen atoms in total. The summed E-state index contributed by atoms with van der Waals surface area (Å²) in [7, 11) is -1.41. The highest BCUT2D eigenvalue weighted by Crippen LogP contribution is 2.40. The highest BCUT2D eigenvalue weighted by molar-refractivity contribution is 6.76. The third-order valence-electron chi connectivity index (χ3n) is 4.59. The van der Waals surface area contributed by atoms with Crippen molar-refractivity contribution in [2.45, 2.75) is 63.1 Å². The average Bonchev–Trinajstić information content (AvgIpc) is 2.59. The molecule has 1 fully saturated rings. The quantitative estimate of drug-likeness (QED) is 0.835. The molecule has 2 rings (SSSR count). The summed E-state index contributed by atoms with van der Waals surface area (Å²) in [5, 5.41) is 20.3. The fourth-order valence-corrected chi connectivity index (χ4v) is 5.43. The van der Waals surface area contributed by atoms with Crippen molar-refractivity contribution < 1.29 is 15.0 Å². The number of nitrogens with zero attached hydrogens (tertiary/aromatic N) is 1. The second-order valence-electron chi connectivity index (χ2n) is 7.84. The van der Waals surface area contributed by atoms with Gasteiger partial charge in [-0.15, -0.1) is 0 Å². The van der Waals surface area contributed by atoms with Crippen LogP contribution in [0.15, 0.2) is 30.3 Å². The molecular weight excluding hydrogens is 294 g/mol. The minimum Gasteiger partial charge on any atom is -0.465 e. The first-order valence-corrected chi connectivity index (χ1v) is 11.6. The number of benzene rings is 1. The van der Waals surface area contributed by atoms with Crippen LogP contribution in [0.4, 0.5) is 4.79 Å². The number of rotatable bonds is 4. The van der Waals surface area contributed by atoms with E-state index < -0.39 is 25.8 Å². The molecule has 0 unspecified atom stereocenters. The van der Waals surface area contributed by atoms with Crippen molar-refractivity contribution in [2.24, 2.45) is 0 Å². The lowest BCUT2D eigenvalue weighted by Crippen LogP contribution is -2.54. The van der Waals surface area contributed by atoms with Gasteiger partial charge in [0.2, 0.25) is 0 Å². The number of hydrogen-bond donors (Lipinski definition) is 2. The molecule has 0 aliphatic carbocycles. The topological polar surface area (TPSA) is 60.8 Å². The van der Waals surface area contributed by atoms with E-state index in [-0.39, 0.29) is 6.04 Å². The molecule has 1 aliphatic rings. The summed E-state index contributed by atoms with van der Waals surface area (Å²) in [6.07, 6.45) is -0.452. The molecule has 3 atom stereocenters. The summed E-state index contributed by atoms with van der Waals surface area (Å²) in [5.74, 6) is 0. The highest BCUT2D eigenvalue weighted by atomic mass is 28.3. The molecule has 0 spiro atoms. The van der Waals surface area contributed by atoms with Crippen molar-refractivity contribution >= 4 is 14.2 Å². The molecule has 0 radical (unpaired) electrons. The number of likely N-dealkylation sites (tertiary alicyclic amines) is 1. The van der Waals surface area contributed by atoms with Crippen LogP contribution in [0.1, 0.15) is 18.9 Å². The molecule has 1 amide bonds. The van der Waals surface area contributed by atoms with Gasteiger partial charge in [0.05, 0.1) is 11.6 Å². The Morgan fingerprint density at radius 1 is 1.32 bits per heavy atom. The SMILES string of the molecule is C[C@]1(Cc2ccccc2)[C@@H](O)C[C@@H](C[Si](C)(C)C)N1C(=O)O. The number of hydrogen-bond acceptors (Lipinski definition) is 2. The second kappa shape index (κ2) is 6.05. The Morgan fingerprint density at radius 3 is 2.41 bits per heavy atom. The van der Waals surface area contributed by atoms with Gasteiger partial charge in [-0.1, -0.05) is 50.0 Å². The maximum atomic E-state index is 11.9. The van der Waals surface area contributed by atoms with Gasteiger partial charge in [-0.05, 0) is 31.4 Å². The maximum absolute atomic E-state index is 11.9. The normalized spacial score (nSPS) is 28.9. The monoisotopic (exact) mass is 321 g/mol. The molecule has 1 aliphatic heterocycles. The molecule has 1 heterocycles. The van der Waals surface area contributed by atoms with Gasteiger partial charge in [-0.25, -0.2) is 4.79 Å². The number of aliphatic hydroxyl groups excluding tert-OH is 1. The zero-order valence-corrected chi connectivity index (χ0v) is 14.9. The zero-order chi connectivity index (χ0) is 16.5. The fraction of sp³-hybridized carbons (Fsp3) is 0.588. The fourth-order valence-electron chi connectivity index (χ4n) is 3.66. The van der Waals surface area contributed by atoms with E-state index in [9.17, 15) is 15.0 Å². The van der Waals surface area contributed by atoms with Gasteiger partial charge in [0.25, 0.3) is 0 Å². The number of carboxylic acid groups (broad SMARTS) is 1. The third-order valence-corrected chi connectivity index (χ3v) is 6.28. The first kappa shape index (κ1) is 17.0. The van der Waals surface area contributed by atoms with Gasteiger partial charge in [0.1, 0.15) is 0 Å². The van der Waals surface area contributed by atoms with Gasteiger partial charge >= 0.3 is 6.09 Å². The van der Waals surface area contributed by atoms with Crippen LogP contribution in [-0.2, 0) is 6.42 Å². The maximum Gasteiger partial charge on any atom is 0.408 e. The summed E-state index contributed by atoms with van der Waals surface area (Å²) in [4.78, 5) is 13.4. The van der Waals surface area contributed by atoms with E-state index in [1.54, 1.807) is 0 Å². The van der Waals surface area contributed by atoms with Gasteiger partial charge in [0.15, 0.2) is 0 Å². The van der Waals surface area contributed by atoms with E-state index in [1.807, 2.05) is 37.3 Å². The molecule has 5 heteroatoms. The second-order valence-corrected chi connectivity index (χ2v) is 13.4. The predicted molar refractivity (Wildman–Crippen MR) is 91.0 cm³/mol. The van der Waals surface area contributed by atoms with Crippen molar-refractivity contribution in [2.75, 3.05) is 0 Å². The van der Waals surface area contributed by atoms with Crippen molar-refractivity contribution in [3.8, 4) is 0 Å². The van der Waals surface area contributed by atoms with Gasteiger partial charge < -0.3 is 10.2 Å². The molecule has 22 heavy (non-hydrogen) atoms. The largest absolute Gasteiger partial charge is 0.465 e. The lowest BCUT2D eigenvalue weighted by atomic mass is 9.88. The lowest BCUT2D eigenvalue weighted by molar-refractivity contribution is 0.0357. The van der Waals surface area contributed by atoms with Crippen LogP contribution in [0.25, 0.3) is 0 Å². The molecule has 1 saturated heterocycles. The first-order valence-electron chi connectivity index (χ1n) is 7.88. The van der Waals surface area contributed by atoms with E-state index in [1.165, 1.54) is 4.90 Å². The van der Waals surface area contributed by atoms with Gasteiger partial charge in [-0.2, -0.15) is 0 Å². The summed E-state index contributed by atoms with van der Waals surface area (Å²) >= 11 is 0. The Labute approximate surface area is 133 Å². The van der Waals surface area contributed by atoms with E-state index in [2.05, 4.69) is 19.6 Å². The standard InChI is InChI=1S/C17H27NO3Si/c1-17(11-13-8-6-5-7-9-13)15(19)10-14(12-22(2,3)4)18(17)16(20)21/h5-9,14-15,19H,10-12H2,1-4H3,(H,20,21)/t14-,15-,17-/m0/s1. The average molecular weight is 321 g/mol. The molecular formula is C17H27NO3Si. The molecule has 0 aromatic heterocycles. The minimum absolute atomic E-state index is 0.0760. The van der Waals surface area contributed by atoms with Crippen LogP contribution in [0.3, 0.4) is 0 Å². The van der Waals surface area contributed by atoms with Crippen molar-refractivity contribution in [3.63, 3.8) is 0 Å². The van der Waals surface area contributed by atoms with Crippen molar-refractivity contribution in [3.05, 3.63) is 35.9 Å². The van der Waals surface area contributed by atoms with Crippen LogP contribution in [0.2, 0.25) is 25.7 Å². The van der Waals surface area contributed by atoms with Crippen LogP contribution < -0.4 is 0 Å². The zero-order valence-electron chi connectivity index (χ0n) is 13.9. The molecule has 122 valence electrons. The minimum atomic E-state index is -1.41. The Bertz CT molecular complexity index is 528. The molecule has 0 bridgehead atoms. The van der Waals surface area contributed by atoms with E-state index in [4.69, 9.17) is 0 Å². The van der Waals surface area contributed by atoms with Crippen LogP contribution in [-0.4, -0.2) is 47.0 Å².